The minimum Gasteiger partial charge on any atom is -0.475 e. The van der Waals surface area contributed by atoms with Gasteiger partial charge in [0, 0.05) is 25.5 Å². The summed E-state index contributed by atoms with van der Waals surface area (Å²) < 4.78 is 65.5. The molecule has 16 heteroatoms. The van der Waals surface area contributed by atoms with Crippen molar-refractivity contribution in [3.05, 3.63) is 102 Å². The standard InChI is InChI=1S/C25H25N5O.2C2HF3O2/c31-25(27-17-19-9-2-1-3-10-19)23-21-12-5-7-16-30(21)24(28-23)22-13-8-15-29(22)18-20-11-4-6-14-26-20;2*3-2(4,5)1(6)7/h1-7,9-12,14,16,22H,8,13,15,17-18H2,(H,27,31);2*(H,6,7). The molecule has 1 saturated heterocycles. The van der Waals surface area contributed by atoms with Crippen molar-refractivity contribution in [2.45, 2.75) is 44.3 Å². The van der Waals surface area contributed by atoms with Gasteiger partial charge in [-0.3, -0.25) is 14.7 Å². The van der Waals surface area contributed by atoms with Crippen LogP contribution in [0.1, 0.15) is 46.5 Å². The summed E-state index contributed by atoms with van der Waals surface area (Å²) in [6.45, 7) is 2.26. The van der Waals surface area contributed by atoms with Gasteiger partial charge < -0.3 is 19.9 Å². The summed E-state index contributed by atoms with van der Waals surface area (Å²) >= 11 is 0. The third-order valence-electron chi connectivity index (χ3n) is 6.32. The highest BCUT2D eigenvalue weighted by molar-refractivity contribution is 5.99. The minimum absolute atomic E-state index is 0.145. The molecule has 0 bridgehead atoms. The molecule has 3 aromatic heterocycles. The number of carboxylic acid groups (broad SMARTS) is 2. The van der Waals surface area contributed by atoms with Gasteiger partial charge in [-0.25, -0.2) is 14.6 Å². The van der Waals surface area contributed by atoms with Gasteiger partial charge in [-0.05, 0) is 49.2 Å². The Morgan fingerprint density at radius 3 is 2.04 bits per heavy atom. The molecule has 1 aliphatic rings. The summed E-state index contributed by atoms with van der Waals surface area (Å²) in [7, 11) is 0. The molecule has 10 nitrogen and oxygen atoms in total. The molecular weight excluding hydrogens is 612 g/mol. The highest BCUT2D eigenvalue weighted by Crippen LogP contribution is 2.33. The van der Waals surface area contributed by atoms with Crippen LogP contribution in [0.15, 0.2) is 79.1 Å². The summed E-state index contributed by atoms with van der Waals surface area (Å²) in [6, 6.07) is 22.0. The van der Waals surface area contributed by atoms with Crippen molar-refractivity contribution in [3.8, 4) is 0 Å². The number of aromatic nitrogens is 3. The van der Waals surface area contributed by atoms with E-state index in [4.69, 9.17) is 24.8 Å². The van der Waals surface area contributed by atoms with Crippen molar-refractivity contribution in [1.82, 2.24) is 24.6 Å². The fourth-order valence-corrected chi connectivity index (χ4v) is 4.33. The van der Waals surface area contributed by atoms with E-state index < -0.39 is 24.3 Å². The van der Waals surface area contributed by atoms with Crippen LogP contribution in [0.3, 0.4) is 0 Å². The summed E-state index contributed by atoms with van der Waals surface area (Å²) in [5.41, 5.74) is 3.44. The molecule has 4 aromatic rings. The van der Waals surface area contributed by atoms with Gasteiger partial charge in [0.1, 0.15) is 5.82 Å². The van der Waals surface area contributed by atoms with Gasteiger partial charge in [-0.15, -0.1) is 0 Å². The predicted molar refractivity (Wildman–Crippen MR) is 147 cm³/mol. The summed E-state index contributed by atoms with van der Waals surface area (Å²) in [4.78, 5) is 42.6. The first-order chi connectivity index (χ1) is 21.2. The van der Waals surface area contributed by atoms with Crippen LogP contribution in [-0.4, -0.2) is 66.2 Å². The normalized spacial score (nSPS) is 14.9. The Bertz CT molecular complexity index is 1560. The first kappa shape index (κ1) is 34.5. The van der Waals surface area contributed by atoms with Gasteiger partial charge in [-0.1, -0.05) is 42.5 Å². The molecular formula is C29H27F6N5O5. The van der Waals surface area contributed by atoms with E-state index in [0.717, 1.165) is 48.5 Å². The van der Waals surface area contributed by atoms with Crippen LogP contribution < -0.4 is 5.32 Å². The highest BCUT2D eigenvalue weighted by atomic mass is 19.4. The molecule has 0 spiro atoms. The fourth-order valence-electron chi connectivity index (χ4n) is 4.33. The number of alkyl halides is 6. The minimum atomic E-state index is -5.08. The lowest BCUT2D eigenvalue weighted by atomic mass is 10.2. The van der Waals surface area contributed by atoms with Crippen LogP contribution in [0.2, 0.25) is 0 Å². The van der Waals surface area contributed by atoms with E-state index in [2.05, 4.69) is 25.7 Å². The monoisotopic (exact) mass is 639 g/mol. The average molecular weight is 640 g/mol. The zero-order valence-electron chi connectivity index (χ0n) is 23.3. The second-order valence-electron chi connectivity index (χ2n) is 9.50. The van der Waals surface area contributed by atoms with Crippen molar-refractivity contribution in [1.29, 1.82) is 0 Å². The number of rotatable bonds is 6. The molecule has 45 heavy (non-hydrogen) atoms. The first-order valence-electron chi connectivity index (χ1n) is 13.2. The van der Waals surface area contributed by atoms with Crippen molar-refractivity contribution in [2.75, 3.05) is 6.54 Å². The second kappa shape index (κ2) is 15.1. The molecule has 1 fully saturated rings. The maximum Gasteiger partial charge on any atom is 0.490 e. The van der Waals surface area contributed by atoms with Crippen LogP contribution in [0.5, 0.6) is 0 Å². The molecule has 5 rings (SSSR count). The fraction of sp³-hybridized carbons (Fsp3) is 0.276. The Hall–Kier alpha value is -4.99. The van der Waals surface area contributed by atoms with Gasteiger partial charge in [-0.2, -0.15) is 26.3 Å². The van der Waals surface area contributed by atoms with Crippen LogP contribution >= 0.6 is 0 Å². The zero-order chi connectivity index (χ0) is 33.2. The number of likely N-dealkylation sites (tertiary alicyclic amines) is 1. The molecule has 1 atom stereocenters. The third kappa shape index (κ3) is 10.0. The van der Waals surface area contributed by atoms with E-state index in [1.807, 2.05) is 73.1 Å². The van der Waals surface area contributed by atoms with Gasteiger partial charge in [0.05, 0.1) is 17.3 Å². The molecule has 240 valence electrons. The van der Waals surface area contributed by atoms with E-state index in [-0.39, 0.29) is 11.9 Å². The zero-order valence-corrected chi connectivity index (χ0v) is 23.3. The molecule has 1 aromatic carbocycles. The number of imidazole rings is 1. The van der Waals surface area contributed by atoms with Gasteiger partial charge in [0.25, 0.3) is 5.91 Å². The Morgan fingerprint density at radius 2 is 1.47 bits per heavy atom. The molecule has 1 amide bonds. The lowest BCUT2D eigenvalue weighted by molar-refractivity contribution is -0.193. The lowest BCUT2D eigenvalue weighted by Crippen LogP contribution is -2.25. The number of benzene rings is 1. The smallest absolute Gasteiger partial charge is 0.475 e. The molecule has 0 saturated carbocycles. The number of pyridine rings is 2. The quantitative estimate of drug-likeness (QED) is 0.243. The Balaban J connectivity index is 0.000000331. The summed E-state index contributed by atoms with van der Waals surface area (Å²) in [6.07, 6.45) is -4.20. The van der Waals surface area contributed by atoms with E-state index in [1.54, 1.807) is 0 Å². The number of nitrogens with one attached hydrogen (secondary N) is 1. The number of halogens is 6. The second-order valence-corrected chi connectivity index (χ2v) is 9.50. The predicted octanol–water partition coefficient (Wildman–Crippen LogP) is 5.26. The maximum atomic E-state index is 13.0. The highest BCUT2D eigenvalue weighted by Gasteiger charge is 2.39. The van der Waals surface area contributed by atoms with Gasteiger partial charge in [0.15, 0.2) is 5.69 Å². The van der Waals surface area contributed by atoms with Crippen molar-refractivity contribution in [3.63, 3.8) is 0 Å². The van der Waals surface area contributed by atoms with Gasteiger partial charge in [0.2, 0.25) is 0 Å². The lowest BCUT2D eigenvalue weighted by Gasteiger charge is -2.23. The number of carboxylic acids is 2. The molecule has 3 N–H and O–H groups in total. The Kier molecular flexibility index (Phi) is 11.6. The summed E-state index contributed by atoms with van der Waals surface area (Å²) in [5, 5.41) is 17.3. The maximum absolute atomic E-state index is 13.0. The van der Waals surface area contributed by atoms with E-state index >= 15 is 0 Å². The SMILES string of the molecule is O=C(NCc1ccccc1)c1nc(C2CCCN2Cc2ccccn2)n2ccccc12.O=C(O)C(F)(F)F.O=C(O)C(F)(F)F. The molecule has 1 unspecified atom stereocenters. The van der Waals surface area contributed by atoms with E-state index in [9.17, 15) is 31.1 Å². The molecule has 1 aliphatic heterocycles. The number of nitrogens with zero attached hydrogens (tertiary/aromatic N) is 4. The van der Waals surface area contributed by atoms with Crippen molar-refractivity contribution < 1.29 is 50.9 Å². The Morgan fingerprint density at radius 1 is 0.867 bits per heavy atom. The topological polar surface area (TPSA) is 137 Å². The van der Waals surface area contributed by atoms with Crippen LogP contribution in [-0.2, 0) is 22.7 Å². The largest absolute Gasteiger partial charge is 0.490 e. The number of hydrogen-bond donors (Lipinski definition) is 3. The van der Waals surface area contributed by atoms with Crippen LogP contribution in [0.4, 0.5) is 26.3 Å². The number of aliphatic carboxylic acids is 2. The van der Waals surface area contributed by atoms with E-state index in [0.29, 0.717) is 12.2 Å². The number of hydrogen-bond acceptors (Lipinski definition) is 6. The summed E-state index contributed by atoms with van der Waals surface area (Å²) in [5.74, 6) is -4.73. The van der Waals surface area contributed by atoms with Crippen LogP contribution in [0, 0.1) is 0 Å². The number of carbonyl (C=O) groups excluding carboxylic acids is 1. The van der Waals surface area contributed by atoms with Gasteiger partial charge >= 0.3 is 24.3 Å². The Labute approximate surface area is 251 Å². The van der Waals surface area contributed by atoms with E-state index in [1.165, 1.54) is 0 Å². The molecule has 4 heterocycles. The van der Waals surface area contributed by atoms with Crippen molar-refractivity contribution in [2.24, 2.45) is 0 Å². The number of fused-ring (bicyclic) bond motifs is 1. The average Bonchev–Trinajstić information content (AvgIpc) is 3.61. The van der Waals surface area contributed by atoms with Crippen molar-refractivity contribution >= 4 is 23.4 Å². The van der Waals surface area contributed by atoms with Crippen LogP contribution in [0.25, 0.3) is 5.52 Å². The molecule has 0 radical (unpaired) electrons. The number of amides is 1. The third-order valence-corrected chi connectivity index (χ3v) is 6.32. The molecule has 0 aliphatic carbocycles. The number of carbonyl (C=O) groups is 3. The first-order valence-corrected chi connectivity index (χ1v) is 13.2.